The standard InChI is InChI=1S/C18H25N3O2S2/c1-4-21-17-9-8-15(25(22,23)20-10-6-5-7-11-20)12-16(17)19-18(21)24-13-14(2)3/h8-9,12H,2,4-7,10-11,13H2,1,3H3. The molecule has 1 aromatic carbocycles. The van der Waals surface area contributed by atoms with Crippen LogP contribution in [0.15, 0.2) is 40.4 Å². The van der Waals surface area contributed by atoms with Crippen LogP contribution in [0.25, 0.3) is 11.0 Å². The Kier molecular flexibility index (Phi) is 5.55. The Balaban J connectivity index is 1.98. The predicted molar refractivity (Wildman–Crippen MR) is 104 cm³/mol. The Bertz CT molecular complexity index is 881. The SMILES string of the molecule is C=C(C)CSc1nc2cc(S(=O)(=O)N3CCCCC3)ccc2n1CC. The van der Waals surface area contributed by atoms with Crippen LogP contribution in [0.3, 0.4) is 0 Å². The first-order valence-corrected chi connectivity index (χ1v) is 11.1. The van der Waals surface area contributed by atoms with Crippen LogP contribution in [0.4, 0.5) is 0 Å². The first kappa shape index (κ1) is 18.5. The first-order chi connectivity index (χ1) is 11.9. The normalized spacial score (nSPS) is 16.4. The second kappa shape index (κ2) is 7.51. The Labute approximate surface area is 154 Å². The lowest BCUT2D eigenvalue weighted by Crippen LogP contribution is -2.35. The van der Waals surface area contributed by atoms with Crippen molar-refractivity contribution in [2.45, 2.75) is 49.7 Å². The summed E-state index contributed by atoms with van der Waals surface area (Å²) in [5, 5.41) is 0.910. The Hall–Kier alpha value is -1.31. The molecule has 1 fully saturated rings. The highest BCUT2D eigenvalue weighted by Crippen LogP contribution is 2.28. The third-order valence-corrected chi connectivity index (χ3v) is 7.50. The molecule has 0 spiro atoms. The molecule has 7 heteroatoms. The van der Waals surface area contributed by atoms with Gasteiger partial charge in [-0.2, -0.15) is 4.31 Å². The third kappa shape index (κ3) is 3.78. The number of benzene rings is 1. The van der Waals surface area contributed by atoms with Crippen molar-refractivity contribution >= 4 is 32.8 Å². The maximum absolute atomic E-state index is 12.9. The zero-order chi connectivity index (χ0) is 18.0. The molecule has 1 saturated heterocycles. The van der Waals surface area contributed by atoms with Crippen LogP contribution in [-0.4, -0.2) is 41.1 Å². The van der Waals surface area contributed by atoms with E-state index in [0.717, 1.165) is 53.3 Å². The number of piperidine rings is 1. The second-order valence-corrected chi connectivity index (χ2v) is 9.38. The van der Waals surface area contributed by atoms with E-state index in [2.05, 4.69) is 23.1 Å². The quantitative estimate of drug-likeness (QED) is 0.564. The molecule has 5 nitrogen and oxygen atoms in total. The number of hydrogen-bond acceptors (Lipinski definition) is 4. The molecule has 0 unspecified atom stereocenters. The van der Waals surface area contributed by atoms with E-state index in [4.69, 9.17) is 0 Å². The highest BCUT2D eigenvalue weighted by molar-refractivity contribution is 7.99. The molecular weight excluding hydrogens is 354 g/mol. The van der Waals surface area contributed by atoms with Gasteiger partial charge in [0.25, 0.3) is 0 Å². The summed E-state index contributed by atoms with van der Waals surface area (Å²) in [6.45, 7) is 10.0. The van der Waals surface area contributed by atoms with Crippen LogP contribution in [0, 0.1) is 0 Å². The van der Waals surface area contributed by atoms with E-state index < -0.39 is 10.0 Å². The van der Waals surface area contributed by atoms with Gasteiger partial charge in [0, 0.05) is 25.4 Å². The third-order valence-electron chi connectivity index (χ3n) is 4.40. The molecule has 2 aromatic rings. The van der Waals surface area contributed by atoms with E-state index in [1.165, 1.54) is 0 Å². The summed E-state index contributed by atoms with van der Waals surface area (Å²) < 4.78 is 29.5. The minimum absolute atomic E-state index is 0.346. The molecule has 0 atom stereocenters. The van der Waals surface area contributed by atoms with Crippen molar-refractivity contribution < 1.29 is 8.42 Å². The van der Waals surface area contributed by atoms with Gasteiger partial charge in [-0.15, -0.1) is 0 Å². The van der Waals surface area contributed by atoms with Gasteiger partial charge in [-0.05, 0) is 44.9 Å². The largest absolute Gasteiger partial charge is 0.319 e. The average Bonchev–Trinajstić information content (AvgIpc) is 2.97. The summed E-state index contributed by atoms with van der Waals surface area (Å²) in [6.07, 6.45) is 2.98. The van der Waals surface area contributed by atoms with Crippen LogP contribution in [-0.2, 0) is 16.6 Å². The van der Waals surface area contributed by atoms with E-state index in [0.29, 0.717) is 18.0 Å². The molecule has 1 aromatic heterocycles. The zero-order valence-corrected chi connectivity index (χ0v) is 16.5. The van der Waals surface area contributed by atoms with Gasteiger partial charge in [-0.25, -0.2) is 13.4 Å². The predicted octanol–water partition coefficient (Wildman–Crippen LogP) is 3.90. The summed E-state index contributed by atoms with van der Waals surface area (Å²) in [6, 6.07) is 5.32. The van der Waals surface area contributed by atoms with Crippen molar-refractivity contribution in [2.24, 2.45) is 0 Å². The van der Waals surface area contributed by atoms with Crippen molar-refractivity contribution in [3.05, 3.63) is 30.4 Å². The number of hydrogen-bond donors (Lipinski definition) is 0. The first-order valence-electron chi connectivity index (χ1n) is 8.71. The van der Waals surface area contributed by atoms with Crippen LogP contribution in [0.1, 0.15) is 33.1 Å². The molecule has 0 aliphatic carbocycles. The van der Waals surface area contributed by atoms with E-state index >= 15 is 0 Å². The van der Waals surface area contributed by atoms with Crippen molar-refractivity contribution in [3.8, 4) is 0 Å². The number of fused-ring (bicyclic) bond motifs is 1. The van der Waals surface area contributed by atoms with Crippen molar-refractivity contribution in [1.82, 2.24) is 13.9 Å². The van der Waals surface area contributed by atoms with Crippen LogP contribution in [0.5, 0.6) is 0 Å². The molecular formula is C18H25N3O2S2. The van der Waals surface area contributed by atoms with E-state index in [-0.39, 0.29) is 0 Å². The number of aromatic nitrogens is 2. The summed E-state index contributed by atoms with van der Waals surface area (Å²) in [5.74, 6) is 0.808. The second-order valence-electron chi connectivity index (χ2n) is 6.50. The minimum Gasteiger partial charge on any atom is -0.319 e. The summed E-state index contributed by atoms with van der Waals surface area (Å²) in [4.78, 5) is 5.02. The summed E-state index contributed by atoms with van der Waals surface area (Å²) in [5.41, 5.74) is 2.81. The number of thioether (sulfide) groups is 1. The lowest BCUT2D eigenvalue weighted by Gasteiger charge is -2.25. The molecule has 0 amide bonds. The van der Waals surface area contributed by atoms with Crippen LogP contribution < -0.4 is 0 Å². The summed E-state index contributed by atoms with van der Waals surface area (Å²) in [7, 11) is -3.43. The monoisotopic (exact) mass is 379 g/mol. The molecule has 1 aliphatic rings. The smallest absolute Gasteiger partial charge is 0.243 e. The average molecular weight is 380 g/mol. The topological polar surface area (TPSA) is 55.2 Å². The minimum atomic E-state index is -3.43. The van der Waals surface area contributed by atoms with Gasteiger partial charge in [0.05, 0.1) is 15.9 Å². The van der Waals surface area contributed by atoms with Crippen molar-refractivity contribution in [3.63, 3.8) is 0 Å². The van der Waals surface area contributed by atoms with Crippen molar-refractivity contribution in [2.75, 3.05) is 18.8 Å². The van der Waals surface area contributed by atoms with Gasteiger partial charge in [0.1, 0.15) is 0 Å². The molecule has 0 saturated carbocycles. The fourth-order valence-corrected chi connectivity index (χ4v) is 5.57. The van der Waals surface area contributed by atoms with E-state index in [1.807, 2.05) is 13.0 Å². The van der Waals surface area contributed by atoms with Crippen LogP contribution in [0.2, 0.25) is 0 Å². The molecule has 0 bridgehead atoms. The lowest BCUT2D eigenvalue weighted by molar-refractivity contribution is 0.346. The Morgan fingerprint density at radius 1 is 1.28 bits per heavy atom. The molecule has 25 heavy (non-hydrogen) atoms. The molecule has 136 valence electrons. The number of imidazole rings is 1. The van der Waals surface area contributed by atoms with Gasteiger partial charge < -0.3 is 4.57 Å². The van der Waals surface area contributed by atoms with Gasteiger partial charge >= 0.3 is 0 Å². The number of aryl methyl sites for hydroxylation is 1. The van der Waals surface area contributed by atoms with E-state index in [1.54, 1.807) is 28.2 Å². The Morgan fingerprint density at radius 2 is 2.00 bits per heavy atom. The lowest BCUT2D eigenvalue weighted by atomic mass is 10.2. The van der Waals surface area contributed by atoms with Crippen molar-refractivity contribution in [1.29, 1.82) is 0 Å². The fraction of sp³-hybridized carbons (Fsp3) is 0.500. The molecule has 0 radical (unpaired) electrons. The maximum atomic E-state index is 12.9. The molecule has 0 N–H and O–H groups in total. The number of sulfonamides is 1. The van der Waals surface area contributed by atoms with Gasteiger partial charge in [-0.1, -0.05) is 30.3 Å². The molecule has 1 aliphatic heterocycles. The van der Waals surface area contributed by atoms with Gasteiger partial charge in [0.2, 0.25) is 10.0 Å². The molecule has 2 heterocycles. The van der Waals surface area contributed by atoms with Crippen LogP contribution >= 0.6 is 11.8 Å². The highest BCUT2D eigenvalue weighted by Gasteiger charge is 2.26. The van der Waals surface area contributed by atoms with Gasteiger partial charge in [0.15, 0.2) is 5.16 Å². The number of rotatable bonds is 6. The van der Waals surface area contributed by atoms with Gasteiger partial charge in [-0.3, -0.25) is 0 Å². The number of nitrogens with zero attached hydrogens (tertiary/aromatic N) is 3. The Morgan fingerprint density at radius 3 is 2.64 bits per heavy atom. The summed E-state index contributed by atoms with van der Waals surface area (Å²) >= 11 is 1.64. The zero-order valence-electron chi connectivity index (χ0n) is 14.9. The fourth-order valence-electron chi connectivity index (χ4n) is 3.11. The maximum Gasteiger partial charge on any atom is 0.243 e. The van der Waals surface area contributed by atoms with E-state index in [9.17, 15) is 8.42 Å². The molecule has 3 rings (SSSR count). The highest BCUT2D eigenvalue weighted by atomic mass is 32.2.